The number of ether oxygens (including phenoxy) is 1. The summed E-state index contributed by atoms with van der Waals surface area (Å²) in [5, 5.41) is 0. The van der Waals surface area contributed by atoms with E-state index in [0.29, 0.717) is 6.42 Å². The van der Waals surface area contributed by atoms with Crippen LogP contribution in [-0.4, -0.2) is 29.6 Å². The minimum absolute atomic E-state index is 0.223. The van der Waals surface area contributed by atoms with Crippen LogP contribution in [0.1, 0.15) is 52.9 Å². The maximum atomic E-state index is 12.0. The fraction of sp³-hybridized carbons (Fsp3) is 0.933. The molecule has 2 N–H and O–H groups in total. The summed E-state index contributed by atoms with van der Waals surface area (Å²) in [4.78, 5) is 12.0. The Labute approximate surface area is 122 Å². The quantitative estimate of drug-likeness (QED) is 0.762. The van der Waals surface area contributed by atoms with Gasteiger partial charge in [-0.3, -0.25) is 4.79 Å². The van der Waals surface area contributed by atoms with Crippen molar-refractivity contribution in [3.05, 3.63) is 0 Å². The molecular weight excluding hydrogens is 258 g/mol. The summed E-state index contributed by atoms with van der Waals surface area (Å²) in [6.07, 6.45) is 6.97. The lowest BCUT2D eigenvalue weighted by Gasteiger charge is -2.38. The molecule has 3 nitrogen and oxygen atoms in total. The molecule has 0 aromatic carbocycles. The van der Waals surface area contributed by atoms with Gasteiger partial charge in [-0.25, -0.2) is 0 Å². The first-order valence-corrected chi connectivity index (χ1v) is 8.75. The maximum Gasteiger partial charge on any atom is 0.323 e. The molecule has 0 heterocycles. The third-order valence-electron chi connectivity index (χ3n) is 4.31. The standard InChI is InChI=1S/C15H29NO2S/c1-11(2)12-5-8-15(3,9-6-12)18-14(17)13(16)7-10-19-4/h11-13H,5-10,16H2,1-4H3/t12?,13-,15?/m0/s1. The third-order valence-corrected chi connectivity index (χ3v) is 4.96. The molecule has 1 atom stereocenters. The molecule has 4 heteroatoms. The van der Waals surface area contributed by atoms with Crippen LogP contribution < -0.4 is 5.73 Å². The molecule has 0 aromatic rings. The van der Waals surface area contributed by atoms with Crippen molar-refractivity contribution in [2.45, 2.75) is 64.5 Å². The minimum Gasteiger partial charge on any atom is -0.458 e. The summed E-state index contributed by atoms with van der Waals surface area (Å²) in [6.45, 7) is 6.61. The molecule has 0 spiro atoms. The molecule has 1 fully saturated rings. The molecule has 1 aliphatic rings. The summed E-state index contributed by atoms with van der Waals surface area (Å²) in [5.41, 5.74) is 5.57. The molecule has 0 amide bonds. The van der Waals surface area contributed by atoms with Crippen molar-refractivity contribution in [1.82, 2.24) is 0 Å². The third kappa shape index (κ3) is 5.35. The number of esters is 1. The summed E-state index contributed by atoms with van der Waals surface area (Å²) in [7, 11) is 0. The van der Waals surface area contributed by atoms with Gasteiger partial charge in [-0.15, -0.1) is 0 Å². The molecule has 0 unspecified atom stereocenters. The Balaban J connectivity index is 2.41. The Bertz CT molecular complexity index is 286. The van der Waals surface area contributed by atoms with E-state index in [0.717, 1.165) is 43.3 Å². The zero-order valence-electron chi connectivity index (χ0n) is 12.8. The van der Waals surface area contributed by atoms with Crippen molar-refractivity contribution < 1.29 is 9.53 Å². The first kappa shape index (κ1) is 16.8. The molecule has 0 saturated heterocycles. The Morgan fingerprint density at radius 2 is 2.00 bits per heavy atom. The van der Waals surface area contributed by atoms with E-state index < -0.39 is 6.04 Å². The Morgan fingerprint density at radius 3 is 2.47 bits per heavy atom. The first-order chi connectivity index (χ1) is 8.88. The van der Waals surface area contributed by atoms with Crippen molar-refractivity contribution in [3.8, 4) is 0 Å². The van der Waals surface area contributed by atoms with Crippen LogP contribution in [0.5, 0.6) is 0 Å². The molecule has 0 bridgehead atoms. The lowest BCUT2D eigenvalue weighted by atomic mass is 9.75. The second-order valence-corrected chi connectivity index (χ2v) is 7.33. The first-order valence-electron chi connectivity index (χ1n) is 7.35. The normalized spacial score (nSPS) is 29.3. The van der Waals surface area contributed by atoms with Crippen molar-refractivity contribution >= 4 is 17.7 Å². The van der Waals surface area contributed by atoms with Crippen LogP contribution >= 0.6 is 11.8 Å². The van der Waals surface area contributed by atoms with Gasteiger partial charge in [-0.05, 0) is 62.9 Å². The fourth-order valence-corrected chi connectivity index (χ4v) is 3.19. The molecule has 112 valence electrons. The summed E-state index contributed by atoms with van der Waals surface area (Å²) < 4.78 is 5.69. The van der Waals surface area contributed by atoms with Crippen molar-refractivity contribution in [1.29, 1.82) is 0 Å². The fourth-order valence-electron chi connectivity index (χ4n) is 2.70. The van der Waals surface area contributed by atoms with Gasteiger partial charge in [0, 0.05) is 0 Å². The van der Waals surface area contributed by atoms with Crippen LogP contribution in [0.4, 0.5) is 0 Å². The number of hydrogen-bond donors (Lipinski definition) is 1. The predicted molar refractivity (Wildman–Crippen MR) is 82.3 cm³/mol. The van der Waals surface area contributed by atoms with Gasteiger partial charge in [0.15, 0.2) is 0 Å². The molecular formula is C15H29NO2S. The molecule has 0 aromatic heterocycles. The second-order valence-electron chi connectivity index (χ2n) is 6.34. The molecule has 19 heavy (non-hydrogen) atoms. The molecule has 0 aliphatic heterocycles. The Kier molecular flexibility index (Phi) is 6.67. The lowest BCUT2D eigenvalue weighted by Crippen LogP contribution is -2.42. The zero-order chi connectivity index (χ0) is 14.5. The van der Waals surface area contributed by atoms with Crippen LogP contribution in [0, 0.1) is 11.8 Å². The number of rotatable bonds is 6. The van der Waals surface area contributed by atoms with E-state index >= 15 is 0 Å². The summed E-state index contributed by atoms with van der Waals surface area (Å²) >= 11 is 1.71. The smallest absolute Gasteiger partial charge is 0.323 e. The molecule has 0 radical (unpaired) electrons. The zero-order valence-corrected chi connectivity index (χ0v) is 13.6. The molecule has 1 aliphatic carbocycles. The predicted octanol–water partition coefficient (Wildman–Crippen LogP) is 3.21. The van der Waals surface area contributed by atoms with Crippen LogP contribution in [0.3, 0.4) is 0 Å². The highest BCUT2D eigenvalue weighted by Gasteiger charge is 2.36. The van der Waals surface area contributed by atoms with E-state index in [4.69, 9.17) is 10.5 Å². The summed E-state index contributed by atoms with van der Waals surface area (Å²) in [6, 6.07) is -0.466. The number of thioether (sulfide) groups is 1. The van der Waals surface area contributed by atoms with Gasteiger partial charge < -0.3 is 10.5 Å². The molecule has 1 rings (SSSR count). The number of carbonyl (C=O) groups excluding carboxylic acids is 1. The highest BCUT2D eigenvalue weighted by molar-refractivity contribution is 7.98. The number of hydrogen-bond acceptors (Lipinski definition) is 4. The average Bonchev–Trinajstić information content (AvgIpc) is 2.35. The second kappa shape index (κ2) is 7.53. The highest BCUT2D eigenvalue weighted by Crippen LogP contribution is 2.37. The molecule has 1 saturated carbocycles. The highest BCUT2D eigenvalue weighted by atomic mass is 32.2. The minimum atomic E-state index is -0.466. The van der Waals surface area contributed by atoms with Crippen molar-refractivity contribution in [3.63, 3.8) is 0 Å². The van der Waals surface area contributed by atoms with E-state index in [9.17, 15) is 4.79 Å². The largest absolute Gasteiger partial charge is 0.458 e. The van der Waals surface area contributed by atoms with Gasteiger partial charge in [-0.1, -0.05) is 13.8 Å². The summed E-state index contributed by atoms with van der Waals surface area (Å²) in [5.74, 6) is 2.18. The van der Waals surface area contributed by atoms with Gasteiger partial charge >= 0.3 is 5.97 Å². The SMILES string of the molecule is CSCC[C@H](N)C(=O)OC1(C)CCC(C(C)C)CC1. The maximum absolute atomic E-state index is 12.0. The van der Waals surface area contributed by atoms with E-state index in [1.54, 1.807) is 11.8 Å². The Hall–Kier alpha value is -0.220. The van der Waals surface area contributed by atoms with E-state index in [-0.39, 0.29) is 11.6 Å². The van der Waals surface area contributed by atoms with E-state index in [1.165, 1.54) is 0 Å². The topological polar surface area (TPSA) is 52.3 Å². The average molecular weight is 287 g/mol. The van der Waals surface area contributed by atoms with Crippen LogP contribution in [0.15, 0.2) is 0 Å². The van der Waals surface area contributed by atoms with Gasteiger partial charge in [0.1, 0.15) is 11.6 Å². The van der Waals surface area contributed by atoms with Crippen LogP contribution in [-0.2, 0) is 9.53 Å². The van der Waals surface area contributed by atoms with Gasteiger partial charge in [0.25, 0.3) is 0 Å². The number of nitrogens with two attached hydrogens (primary N) is 1. The van der Waals surface area contributed by atoms with Gasteiger partial charge in [0.2, 0.25) is 0 Å². The van der Waals surface area contributed by atoms with Crippen LogP contribution in [0.2, 0.25) is 0 Å². The number of carbonyl (C=O) groups is 1. The van der Waals surface area contributed by atoms with E-state index in [1.807, 2.05) is 6.26 Å². The van der Waals surface area contributed by atoms with Crippen molar-refractivity contribution in [2.75, 3.05) is 12.0 Å². The van der Waals surface area contributed by atoms with E-state index in [2.05, 4.69) is 20.8 Å². The van der Waals surface area contributed by atoms with Crippen molar-refractivity contribution in [2.24, 2.45) is 17.6 Å². The lowest BCUT2D eigenvalue weighted by molar-refractivity contribution is -0.164. The van der Waals surface area contributed by atoms with Gasteiger partial charge in [0.05, 0.1) is 0 Å². The monoisotopic (exact) mass is 287 g/mol. The Morgan fingerprint density at radius 1 is 1.42 bits per heavy atom. The van der Waals surface area contributed by atoms with Crippen LogP contribution in [0.25, 0.3) is 0 Å². The van der Waals surface area contributed by atoms with Gasteiger partial charge in [-0.2, -0.15) is 11.8 Å².